The van der Waals surface area contributed by atoms with Crippen LogP contribution in [0.1, 0.15) is 35.7 Å². The van der Waals surface area contributed by atoms with E-state index in [1.807, 2.05) is 19.1 Å². The third-order valence-corrected chi connectivity index (χ3v) is 2.19. The van der Waals surface area contributed by atoms with E-state index in [9.17, 15) is 4.79 Å². The second-order valence-electron chi connectivity index (χ2n) is 3.26. The topological polar surface area (TPSA) is 37.3 Å². The third-order valence-electron chi connectivity index (χ3n) is 2.19. The van der Waals surface area contributed by atoms with E-state index >= 15 is 0 Å². The Morgan fingerprint density at radius 3 is 2.79 bits per heavy atom. The molecule has 0 spiro atoms. The van der Waals surface area contributed by atoms with Gasteiger partial charge in [-0.05, 0) is 30.9 Å². The number of benzene rings is 1. The zero-order valence-electron chi connectivity index (χ0n) is 8.36. The fourth-order valence-electron chi connectivity index (χ4n) is 1.44. The molecule has 0 saturated heterocycles. The minimum Gasteiger partial charge on any atom is -0.478 e. The van der Waals surface area contributed by atoms with Gasteiger partial charge in [0.2, 0.25) is 0 Å². The molecule has 0 amide bonds. The van der Waals surface area contributed by atoms with Crippen LogP contribution >= 0.6 is 0 Å². The quantitative estimate of drug-likeness (QED) is 0.726. The standard InChI is InChI=1S/C12H15O2/c1-2-3-4-7-10-8-5-6-9-11(10)12(13)14/h2,5-6,8-9H,3-4,7H2,1H3,(H,13,14). The number of hydrogen-bond acceptors (Lipinski definition) is 1. The van der Waals surface area contributed by atoms with Crippen LogP contribution < -0.4 is 0 Å². The van der Waals surface area contributed by atoms with Crippen molar-refractivity contribution in [3.05, 3.63) is 41.8 Å². The minimum atomic E-state index is -0.832. The smallest absolute Gasteiger partial charge is 0.335 e. The summed E-state index contributed by atoms with van der Waals surface area (Å²) in [6, 6.07) is 7.20. The van der Waals surface area contributed by atoms with Crippen LogP contribution in [0.3, 0.4) is 0 Å². The molecule has 0 saturated carbocycles. The molecule has 1 N–H and O–H groups in total. The molecule has 75 valence electrons. The Bertz CT molecular complexity index is 305. The zero-order chi connectivity index (χ0) is 10.4. The number of hydrogen-bond donors (Lipinski definition) is 1. The van der Waals surface area contributed by atoms with Crippen molar-refractivity contribution in [2.75, 3.05) is 0 Å². The largest absolute Gasteiger partial charge is 0.478 e. The first kappa shape index (κ1) is 10.8. The van der Waals surface area contributed by atoms with Gasteiger partial charge in [-0.3, -0.25) is 0 Å². The molecule has 2 heteroatoms. The van der Waals surface area contributed by atoms with E-state index in [0.29, 0.717) is 5.56 Å². The van der Waals surface area contributed by atoms with E-state index in [-0.39, 0.29) is 0 Å². The van der Waals surface area contributed by atoms with Gasteiger partial charge in [-0.2, -0.15) is 0 Å². The lowest BCUT2D eigenvalue weighted by Crippen LogP contribution is -2.01. The van der Waals surface area contributed by atoms with E-state index in [2.05, 4.69) is 6.42 Å². The molecule has 0 unspecified atom stereocenters. The molecule has 0 atom stereocenters. The van der Waals surface area contributed by atoms with Gasteiger partial charge in [0.25, 0.3) is 0 Å². The van der Waals surface area contributed by atoms with Gasteiger partial charge < -0.3 is 5.11 Å². The van der Waals surface area contributed by atoms with Crippen LogP contribution in [0.4, 0.5) is 0 Å². The lowest BCUT2D eigenvalue weighted by Gasteiger charge is -2.04. The molecular formula is C12H15O2. The van der Waals surface area contributed by atoms with Gasteiger partial charge in [0.05, 0.1) is 5.56 Å². The Labute approximate surface area is 84.6 Å². The third kappa shape index (κ3) is 2.87. The maximum absolute atomic E-state index is 10.8. The molecule has 1 aromatic rings. The van der Waals surface area contributed by atoms with Gasteiger partial charge in [-0.1, -0.05) is 31.5 Å². The second kappa shape index (κ2) is 5.43. The van der Waals surface area contributed by atoms with E-state index < -0.39 is 5.97 Å². The van der Waals surface area contributed by atoms with Crippen molar-refractivity contribution >= 4 is 5.97 Å². The summed E-state index contributed by atoms with van der Waals surface area (Å²) >= 11 is 0. The van der Waals surface area contributed by atoms with E-state index in [4.69, 9.17) is 5.11 Å². The highest BCUT2D eigenvalue weighted by Crippen LogP contribution is 2.12. The Morgan fingerprint density at radius 1 is 1.43 bits per heavy atom. The Morgan fingerprint density at radius 2 is 2.14 bits per heavy atom. The molecule has 0 aliphatic rings. The molecule has 1 radical (unpaired) electrons. The summed E-state index contributed by atoms with van der Waals surface area (Å²) in [5, 5.41) is 8.91. The highest BCUT2D eigenvalue weighted by Gasteiger charge is 2.07. The van der Waals surface area contributed by atoms with Gasteiger partial charge in [0.15, 0.2) is 0 Å². The number of aryl methyl sites for hydroxylation is 1. The average molecular weight is 191 g/mol. The number of carboxylic acids is 1. The summed E-state index contributed by atoms with van der Waals surface area (Å²) in [6.07, 6.45) is 4.99. The molecule has 0 heterocycles. The second-order valence-corrected chi connectivity index (χ2v) is 3.26. The van der Waals surface area contributed by atoms with Crippen molar-refractivity contribution in [1.29, 1.82) is 0 Å². The van der Waals surface area contributed by atoms with Crippen molar-refractivity contribution in [1.82, 2.24) is 0 Å². The van der Waals surface area contributed by atoms with Gasteiger partial charge in [0.1, 0.15) is 0 Å². The first-order valence-electron chi connectivity index (χ1n) is 4.84. The molecule has 0 fully saturated rings. The van der Waals surface area contributed by atoms with Crippen LogP contribution in [0.25, 0.3) is 0 Å². The first-order chi connectivity index (χ1) is 6.75. The highest BCUT2D eigenvalue weighted by atomic mass is 16.4. The predicted molar refractivity (Wildman–Crippen MR) is 56.3 cm³/mol. The summed E-state index contributed by atoms with van der Waals surface area (Å²) in [5.74, 6) is -0.832. The van der Waals surface area contributed by atoms with Crippen molar-refractivity contribution in [3.8, 4) is 0 Å². The van der Waals surface area contributed by atoms with E-state index in [1.54, 1.807) is 12.1 Å². The van der Waals surface area contributed by atoms with Crippen molar-refractivity contribution in [2.24, 2.45) is 0 Å². The van der Waals surface area contributed by atoms with Gasteiger partial charge in [0, 0.05) is 0 Å². The fourth-order valence-corrected chi connectivity index (χ4v) is 1.44. The fraction of sp³-hybridized carbons (Fsp3) is 0.333. The summed E-state index contributed by atoms with van der Waals surface area (Å²) in [5.41, 5.74) is 1.37. The molecular weight excluding hydrogens is 176 g/mol. The van der Waals surface area contributed by atoms with Crippen LogP contribution in [0.5, 0.6) is 0 Å². The van der Waals surface area contributed by atoms with Crippen LogP contribution in [0.2, 0.25) is 0 Å². The monoisotopic (exact) mass is 191 g/mol. The van der Waals surface area contributed by atoms with E-state index in [0.717, 1.165) is 24.8 Å². The molecule has 0 aliphatic carbocycles. The number of aromatic carboxylic acids is 1. The van der Waals surface area contributed by atoms with Gasteiger partial charge in [-0.25, -0.2) is 4.79 Å². The van der Waals surface area contributed by atoms with Crippen molar-refractivity contribution < 1.29 is 9.90 Å². The number of unbranched alkanes of at least 4 members (excludes halogenated alkanes) is 2. The number of carbonyl (C=O) groups is 1. The van der Waals surface area contributed by atoms with Crippen LogP contribution in [-0.2, 0) is 6.42 Å². The summed E-state index contributed by atoms with van der Waals surface area (Å²) in [7, 11) is 0. The molecule has 0 aliphatic heterocycles. The van der Waals surface area contributed by atoms with Crippen molar-refractivity contribution in [2.45, 2.75) is 26.2 Å². The van der Waals surface area contributed by atoms with E-state index in [1.165, 1.54) is 0 Å². The Hall–Kier alpha value is -1.31. The maximum atomic E-state index is 10.8. The molecule has 14 heavy (non-hydrogen) atoms. The Kier molecular flexibility index (Phi) is 4.17. The summed E-state index contributed by atoms with van der Waals surface area (Å²) < 4.78 is 0. The summed E-state index contributed by atoms with van der Waals surface area (Å²) in [6.45, 7) is 2.02. The minimum absolute atomic E-state index is 0.434. The van der Waals surface area contributed by atoms with Gasteiger partial charge >= 0.3 is 5.97 Å². The SMILES string of the molecule is C[CH]CCCc1ccccc1C(=O)O. The molecule has 0 bridgehead atoms. The summed E-state index contributed by atoms with van der Waals surface area (Å²) in [4.78, 5) is 10.8. The number of carboxylic acid groups (broad SMARTS) is 1. The maximum Gasteiger partial charge on any atom is 0.335 e. The van der Waals surface area contributed by atoms with Crippen molar-refractivity contribution in [3.63, 3.8) is 0 Å². The lowest BCUT2D eigenvalue weighted by molar-refractivity contribution is 0.0695. The lowest BCUT2D eigenvalue weighted by atomic mass is 10.0. The highest BCUT2D eigenvalue weighted by molar-refractivity contribution is 5.89. The normalized spacial score (nSPS) is 10.1. The zero-order valence-corrected chi connectivity index (χ0v) is 8.36. The van der Waals surface area contributed by atoms with Crippen LogP contribution in [0, 0.1) is 6.42 Å². The first-order valence-corrected chi connectivity index (χ1v) is 4.84. The molecule has 1 rings (SSSR count). The van der Waals surface area contributed by atoms with Crippen LogP contribution in [0.15, 0.2) is 24.3 Å². The van der Waals surface area contributed by atoms with Crippen LogP contribution in [-0.4, -0.2) is 11.1 Å². The average Bonchev–Trinajstić information content (AvgIpc) is 2.19. The molecule has 2 nitrogen and oxygen atoms in total. The predicted octanol–water partition coefficient (Wildman–Crippen LogP) is 2.93. The van der Waals surface area contributed by atoms with Gasteiger partial charge in [-0.15, -0.1) is 0 Å². The molecule has 1 aromatic carbocycles. The number of rotatable bonds is 5. The Balaban J connectivity index is 2.69. The molecule has 0 aromatic heterocycles.